The number of nitrogens with zero attached hydrogens (tertiary/aromatic N) is 1. The highest BCUT2D eigenvalue weighted by atomic mass is 32.2. The van der Waals surface area contributed by atoms with Crippen LogP contribution < -0.4 is 0 Å². The van der Waals surface area contributed by atoms with Crippen LogP contribution in [-0.2, 0) is 10.3 Å². The van der Waals surface area contributed by atoms with Gasteiger partial charge in [0.1, 0.15) is 0 Å². The zero-order chi connectivity index (χ0) is 14.4. The molecule has 0 aliphatic rings. The van der Waals surface area contributed by atoms with Gasteiger partial charge >= 0.3 is 0 Å². The first-order chi connectivity index (χ1) is 9.59. The van der Waals surface area contributed by atoms with Crippen molar-refractivity contribution >= 4 is 11.8 Å². The Labute approximate surface area is 125 Å². The lowest BCUT2D eigenvalue weighted by atomic mass is 9.94. The van der Waals surface area contributed by atoms with Gasteiger partial charge in [0.15, 0.2) is 0 Å². The molecule has 0 unspecified atom stereocenters. The number of aromatic nitrogens is 1. The SMILES string of the molecule is Cc1ccccc1C(C)(C)OCCSc1ccccn1. The molecule has 2 nitrogen and oxygen atoms in total. The molecule has 0 aliphatic carbocycles. The van der Waals surface area contributed by atoms with Crippen molar-refractivity contribution in [3.63, 3.8) is 0 Å². The van der Waals surface area contributed by atoms with Gasteiger partial charge in [-0.25, -0.2) is 4.98 Å². The molecule has 0 saturated heterocycles. The second kappa shape index (κ2) is 6.91. The van der Waals surface area contributed by atoms with Crippen molar-refractivity contribution in [3.05, 3.63) is 59.8 Å². The quantitative estimate of drug-likeness (QED) is 0.579. The number of hydrogen-bond donors (Lipinski definition) is 0. The minimum atomic E-state index is -0.254. The van der Waals surface area contributed by atoms with E-state index in [1.807, 2.05) is 24.4 Å². The van der Waals surface area contributed by atoms with Crippen LogP contribution in [0.5, 0.6) is 0 Å². The van der Waals surface area contributed by atoms with Gasteiger partial charge in [-0.3, -0.25) is 0 Å². The maximum absolute atomic E-state index is 6.07. The van der Waals surface area contributed by atoms with Gasteiger partial charge in [-0.2, -0.15) is 0 Å². The molecule has 0 spiro atoms. The molecule has 0 radical (unpaired) electrons. The molecule has 0 bridgehead atoms. The van der Waals surface area contributed by atoms with Gasteiger partial charge in [-0.15, -0.1) is 11.8 Å². The molecule has 1 heterocycles. The molecule has 0 fully saturated rings. The van der Waals surface area contributed by atoms with Crippen LogP contribution in [-0.4, -0.2) is 17.3 Å². The summed E-state index contributed by atoms with van der Waals surface area (Å²) in [6.45, 7) is 7.09. The van der Waals surface area contributed by atoms with Crippen LogP contribution >= 0.6 is 11.8 Å². The van der Waals surface area contributed by atoms with E-state index in [2.05, 4.69) is 50.0 Å². The predicted molar refractivity (Wildman–Crippen MR) is 85.1 cm³/mol. The number of rotatable bonds is 6. The Balaban J connectivity index is 1.85. The molecule has 0 saturated carbocycles. The largest absolute Gasteiger partial charge is 0.370 e. The highest BCUT2D eigenvalue weighted by molar-refractivity contribution is 7.99. The Kier molecular flexibility index (Phi) is 5.21. The third kappa shape index (κ3) is 4.09. The zero-order valence-electron chi connectivity index (χ0n) is 12.3. The zero-order valence-corrected chi connectivity index (χ0v) is 13.1. The molecule has 1 aromatic heterocycles. The van der Waals surface area contributed by atoms with E-state index in [-0.39, 0.29) is 5.60 Å². The van der Waals surface area contributed by atoms with E-state index >= 15 is 0 Å². The Morgan fingerprint density at radius 2 is 1.85 bits per heavy atom. The van der Waals surface area contributed by atoms with Crippen molar-refractivity contribution in [3.8, 4) is 0 Å². The van der Waals surface area contributed by atoms with Gasteiger partial charge < -0.3 is 4.74 Å². The maximum atomic E-state index is 6.07. The number of ether oxygens (including phenoxy) is 1. The van der Waals surface area contributed by atoms with E-state index < -0.39 is 0 Å². The second-order valence-electron chi connectivity index (χ2n) is 5.19. The van der Waals surface area contributed by atoms with E-state index in [0.717, 1.165) is 10.8 Å². The minimum absolute atomic E-state index is 0.254. The van der Waals surface area contributed by atoms with E-state index in [1.165, 1.54) is 11.1 Å². The number of aryl methyl sites for hydroxylation is 1. The molecule has 1 aromatic carbocycles. The lowest BCUT2D eigenvalue weighted by Crippen LogP contribution is -2.24. The lowest BCUT2D eigenvalue weighted by molar-refractivity contribution is -0.0129. The molecule has 2 aromatic rings. The van der Waals surface area contributed by atoms with E-state index in [0.29, 0.717) is 6.61 Å². The molecule has 0 aliphatic heterocycles. The normalized spacial score (nSPS) is 11.6. The average molecular weight is 287 g/mol. The molecule has 0 N–H and O–H groups in total. The van der Waals surface area contributed by atoms with Crippen LogP contribution in [0.3, 0.4) is 0 Å². The van der Waals surface area contributed by atoms with E-state index in [4.69, 9.17) is 4.74 Å². The van der Waals surface area contributed by atoms with Gasteiger partial charge in [-0.1, -0.05) is 30.3 Å². The topological polar surface area (TPSA) is 22.1 Å². The minimum Gasteiger partial charge on any atom is -0.370 e. The van der Waals surface area contributed by atoms with Crippen molar-refractivity contribution in [2.24, 2.45) is 0 Å². The van der Waals surface area contributed by atoms with E-state index in [9.17, 15) is 0 Å². The summed E-state index contributed by atoms with van der Waals surface area (Å²) in [5, 5.41) is 1.05. The van der Waals surface area contributed by atoms with Crippen molar-refractivity contribution in [1.82, 2.24) is 4.98 Å². The van der Waals surface area contributed by atoms with Gasteiger partial charge in [0.2, 0.25) is 0 Å². The molecule has 106 valence electrons. The average Bonchev–Trinajstić information content (AvgIpc) is 2.45. The standard InChI is InChI=1S/C17H21NOS/c1-14-8-4-5-9-15(14)17(2,3)19-12-13-20-16-10-6-7-11-18-16/h4-11H,12-13H2,1-3H3. The van der Waals surface area contributed by atoms with Crippen molar-refractivity contribution in [2.75, 3.05) is 12.4 Å². The molecule has 3 heteroatoms. The fraction of sp³-hybridized carbons (Fsp3) is 0.353. The second-order valence-corrected chi connectivity index (χ2v) is 6.31. The van der Waals surface area contributed by atoms with Gasteiger partial charge in [0.05, 0.1) is 17.2 Å². The Morgan fingerprint density at radius 3 is 2.55 bits per heavy atom. The van der Waals surface area contributed by atoms with Gasteiger partial charge in [-0.05, 0) is 44.0 Å². The molecule has 0 atom stereocenters. The summed E-state index contributed by atoms with van der Waals surface area (Å²) >= 11 is 1.72. The summed E-state index contributed by atoms with van der Waals surface area (Å²) in [4.78, 5) is 4.29. The number of thioether (sulfide) groups is 1. The van der Waals surface area contributed by atoms with Crippen LogP contribution in [0.15, 0.2) is 53.7 Å². The molecule has 20 heavy (non-hydrogen) atoms. The Morgan fingerprint density at radius 1 is 1.10 bits per heavy atom. The number of pyridine rings is 1. The fourth-order valence-electron chi connectivity index (χ4n) is 2.20. The highest BCUT2D eigenvalue weighted by Crippen LogP contribution is 2.27. The molecular weight excluding hydrogens is 266 g/mol. The summed E-state index contributed by atoms with van der Waals surface area (Å²) < 4.78 is 6.07. The monoisotopic (exact) mass is 287 g/mol. The predicted octanol–water partition coefficient (Wildman–Crippen LogP) is 4.43. The van der Waals surface area contributed by atoms with Crippen LogP contribution in [0.2, 0.25) is 0 Å². The van der Waals surface area contributed by atoms with Gasteiger partial charge in [0.25, 0.3) is 0 Å². The summed E-state index contributed by atoms with van der Waals surface area (Å²) in [6.07, 6.45) is 1.82. The lowest BCUT2D eigenvalue weighted by Gasteiger charge is -2.27. The first kappa shape index (κ1) is 15.1. The van der Waals surface area contributed by atoms with Crippen molar-refractivity contribution in [1.29, 1.82) is 0 Å². The molecule has 2 rings (SSSR count). The third-order valence-corrected chi connectivity index (χ3v) is 4.14. The highest BCUT2D eigenvalue weighted by Gasteiger charge is 2.22. The maximum Gasteiger partial charge on any atom is 0.0960 e. The van der Waals surface area contributed by atoms with Crippen molar-refractivity contribution in [2.45, 2.75) is 31.4 Å². The summed E-state index contributed by atoms with van der Waals surface area (Å²) in [6, 6.07) is 14.4. The fourth-order valence-corrected chi connectivity index (χ4v) is 2.89. The van der Waals surface area contributed by atoms with Gasteiger partial charge in [0, 0.05) is 11.9 Å². The summed E-state index contributed by atoms with van der Waals surface area (Å²) in [5.41, 5.74) is 2.27. The summed E-state index contributed by atoms with van der Waals surface area (Å²) in [5.74, 6) is 0.909. The van der Waals surface area contributed by atoms with Crippen LogP contribution in [0.4, 0.5) is 0 Å². The van der Waals surface area contributed by atoms with Crippen molar-refractivity contribution < 1.29 is 4.74 Å². The number of benzene rings is 1. The van der Waals surface area contributed by atoms with Crippen LogP contribution in [0.1, 0.15) is 25.0 Å². The smallest absolute Gasteiger partial charge is 0.0960 e. The van der Waals surface area contributed by atoms with Crippen LogP contribution in [0.25, 0.3) is 0 Å². The summed E-state index contributed by atoms with van der Waals surface area (Å²) in [7, 11) is 0. The Bertz CT molecular complexity index is 540. The molecule has 0 amide bonds. The third-order valence-electron chi connectivity index (χ3n) is 3.23. The van der Waals surface area contributed by atoms with Crippen LogP contribution in [0, 0.1) is 6.92 Å². The Hall–Kier alpha value is -1.32. The molecular formula is C17H21NOS. The number of hydrogen-bond acceptors (Lipinski definition) is 3. The van der Waals surface area contributed by atoms with E-state index in [1.54, 1.807) is 11.8 Å². The first-order valence-electron chi connectivity index (χ1n) is 6.83. The first-order valence-corrected chi connectivity index (χ1v) is 7.82.